The molecule has 0 saturated heterocycles. The van der Waals surface area contributed by atoms with E-state index in [4.69, 9.17) is 9.15 Å². The number of alkyl halides is 2. The van der Waals surface area contributed by atoms with E-state index in [1.807, 2.05) is 0 Å². The maximum atomic E-state index is 12.2. The van der Waals surface area contributed by atoms with Crippen molar-refractivity contribution in [2.24, 2.45) is 0 Å². The van der Waals surface area contributed by atoms with Gasteiger partial charge in [0.05, 0.1) is 13.4 Å². The van der Waals surface area contributed by atoms with Crippen LogP contribution < -0.4 is 14.8 Å². The quantitative estimate of drug-likeness (QED) is 0.890. The highest BCUT2D eigenvalue weighted by Gasteiger charge is 2.12. The van der Waals surface area contributed by atoms with Gasteiger partial charge in [0, 0.05) is 6.54 Å². The second-order valence-corrected chi connectivity index (χ2v) is 4.02. The number of halogens is 2. The number of benzene rings is 1. The fourth-order valence-electron chi connectivity index (χ4n) is 1.69. The van der Waals surface area contributed by atoms with E-state index < -0.39 is 6.61 Å². The first kappa shape index (κ1) is 14.8. The molecule has 2 rings (SSSR count). The number of methoxy groups -OCH3 is 1. The Balaban J connectivity index is 2.02. The van der Waals surface area contributed by atoms with Crippen LogP contribution in [0.25, 0.3) is 0 Å². The minimum absolute atomic E-state index is 0.0615. The summed E-state index contributed by atoms with van der Waals surface area (Å²) in [7, 11) is 1.35. The van der Waals surface area contributed by atoms with E-state index in [2.05, 4.69) is 10.1 Å². The lowest BCUT2D eigenvalue weighted by molar-refractivity contribution is -0.0512. The van der Waals surface area contributed by atoms with Crippen LogP contribution in [0.1, 0.15) is 16.1 Å². The number of hydrogen-bond donors (Lipinski definition) is 1. The zero-order chi connectivity index (χ0) is 15.2. The summed E-state index contributed by atoms with van der Waals surface area (Å²) >= 11 is 0. The van der Waals surface area contributed by atoms with Crippen LogP contribution in [-0.2, 0) is 6.54 Å². The Kier molecular flexibility index (Phi) is 4.76. The third kappa shape index (κ3) is 3.95. The highest BCUT2D eigenvalue weighted by Crippen LogP contribution is 2.29. The van der Waals surface area contributed by atoms with E-state index >= 15 is 0 Å². The van der Waals surface area contributed by atoms with Crippen LogP contribution in [0.2, 0.25) is 0 Å². The van der Waals surface area contributed by atoms with Crippen LogP contribution in [0, 0.1) is 0 Å². The average Bonchev–Trinajstić information content (AvgIpc) is 2.99. The van der Waals surface area contributed by atoms with Gasteiger partial charge in [-0.3, -0.25) is 4.79 Å². The summed E-state index contributed by atoms with van der Waals surface area (Å²) in [6, 6.07) is 7.58. The average molecular weight is 297 g/mol. The number of nitrogens with one attached hydrogen (secondary N) is 1. The van der Waals surface area contributed by atoms with Gasteiger partial charge in [0.25, 0.3) is 5.91 Å². The third-order valence-corrected chi connectivity index (χ3v) is 2.64. The maximum Gasteiger partial charge on any atom is 0.387 e. The Labute approximate surface area is 119 Å². The molecule has 1 heterocycles. The van der Waals surface area contributed by atoms with Gasteiger partial charge in [0.1, 0.15) is 0 Å². The molecule has 1 aromatic carbocycles. The molecule has 0 spiro atoms. The second kappa shape index (κ2) is 6.74. The zero-order valence-corrected chi connectivity index (χ0v) is 11.1. The lowest BCUT2D eigenvalue weighted by Gasteiger charge is -2.11. The molecule has 0 fully saturated rings. The number of rotatable bonds is 6. The number of furan rings is 1. The first-order chi connectivity index (χ1) is 10.1. The molecule has 0 aliphatic carbocycles. The standard InChI is InChI=1S/C14H13F2NO4/c1-19-12-7-9(4-5-10(12)21-14(15)16)8-17-13(18)11-3-2-6-20-11/h2-7,14H,8H2,1H3,(H,17,18). The van der Waals surface area contributed by atoms with E-state index in [0.717, 1.165) is 0 Å². The smallest absolute Gasteiger partial charge is 0.387 e. The second-order valence-electron chi connectivity index (χ2n) is 4.02. The van der Waals surface area contributed by atoms with Crippen LogP contribution in [0.15, 0.2) is 41.0 Å². The van der Waals surface area contributed by atoms with Crippen molar-refractivity contribution in [1.29, 1.82) is 0 Å². The first-order valence-electron chi connectivity index (χ1n) is 6.03. The van der Waals surface area contributed by atoms with Crippen molar-refractivity contribution in [1.82, 2.24) is 5.32 Å². The lowest BCUT2D eigenvalue weighted by atomic mass is 10.2. The monoisotopic (exact) mass is 297 g/mol. The van der Waals surface area contributed by atoms with Gasteiger partial charge in [0.2, 0.25) is 0 Å². The minimum atomic E-state index is -2.93. The molecule has 0 atom stereocenters. The van der Waals surface area contributed by atoms with Crippen molar-refractivity contribution in [2.75, 3.05) is 7.11 Å². The van der Waals surface area contributed by atoms with Crippen molar-refractivity contribution < 1.29 is 27.5 Å². The predicted octanol–water partition coefficient (Wildman–Crippen LogP) is 2.82. The van der Waals surface area contributed by atoms with E-state index in [-0.39, 0.29) is 29.7 Å². The number of carbonyl (C=O) groups excluding carboxylic acids is 1. The third-order valence-electron chi connectivity index (χ3n) is 2.64. The van der Waals surface area contributed by atoms with Gasteiger partial charge in [-0.05, 0) is 29.8 Å². The number of amides is 1. The number of hydrogen-bond acceptors (Lipinski definition) is 4. The normalized spacial score (nSPS) is 10.5. The van der Waals surface area contributed by atoms with Crippen LogP contribution >= 0.6 is 0 Å². The highest BCUT2D eigenvalue weighted by atomic mass is 19.3. The topological polar surface area (TPSA) is 60.7 Å². The molecular formula is C14H13F2NO4. The lowest BCUT2D eigenvalue weighted by Crippen LogP contribution is -2.22. The maximum absolute atomic E-state index is 12.2. The summed E-state index contributed by atoms with van der Waals surface area (Å²) in [5.74, 6) is -0.0693. The summed E-state index contributed by atoms with van der Waals surface area (Å²) in [5.41, 5.74) is 0.674. The molecule has 112 valence electrons. The predicted molar refractivity (Wildman–Crippen MR) is 69.5 cm³/mol. The highest BCUT2D eigenvalue weighted by molar-refractivity contribution is 5.91. The molecule has 0 bridgehead atoms. The first-order valence-corrected chi connectivity index (χ1v) is 6.03. The molecule has 0 unspecified atom stereocenters. The van der Waals surface area contributed by atoms with Crippen molar-refractivity contribution in [3.63, 3.8) is 0 Å². The molecule has 7 heteroatoms. The summed E-state index contributed by atoms with van der Waals surface area (Å²) in [5, 5.41) is 2.64. The van der Waals surface area contributed by atoms with Gasteiger partial charge in [-0.2, -0.15) is 8.78 Å². The van der Waals surface area contributed by atoms with Gasteiger partial charge in [-0.25, -0.2) is 0 Å². The van der Waals surface area contributed by atoms with E-state index in [0.29, 0.717) is 5.56 Å². The summed E-state index contributed by atoms with van der Waals surface area (Å²) in [6.07, 6.45) is 1.40. The molecule has 2 aromatic rings. The van der Waals surface area contributed by atoms with Crippen molar-refractivity contribution in [3.8, 4) is 11.5 Å². The van der Waals surface area contributed by atoms with Gasteiger partial charge in [-0.15, -0.1) is 0 Å². The van der Waals surface area contributed by atoms with Crippen LogP contribution in [-0.4, -0.2) is 19.6 Å². The summed E-state index contributed by atoms with van der Waals surface area (Å²) in [4.78, 5) is 11.7. The zero-order valence-electron chi connectivity index (χ0n) is 11.1. The Hall–Kier alpha value is -2.57. The minimum Gasteiger partial charge on any atom is -0.493 e. The molecule has 21 heavy (non-hydrogen) atoms. The molecule has 0 aliphatic heterocycles. The molecule has 0 aliphatic rings. The molecule has 0 radical (unpaired) electrons. The summed E-state index contributed by atoms with van der Waals surface area (Å²) < 4.78 is 38.6. The summed E-state index contributed by atoms with van der Waals surface area (Å²) in [6.45, 7) is -2.73. The van der Waals surface area contributed by atoms with E-state index in [1.54, 1.807) is 12.1 Å². The Morgan fingerprint density at radius 3 is 2.76 bits per heavy atom. The van der Waals surface area contributed by atoms with Crippen LogP contribution in [0.4, 0.5) is 8.78 Å². The Morgan fingerprint density at radius 2 is 2.14 bits per heavy atom. The van der Waals surface area contributed by atoms with Crippen molar-refractivity contribution in [3.05, 3.63) is 47.9 Å². The fourth-order valence-corrected chi connectivity index (χ4v) is 1.69. The Bertz CT molecular complexity index is 599. The van der Waals surface area contributed by atoms with Gasteiger partial charge in [0.15, 0.2) is 17.3 Å². The fraction of sp³-hybridized carbons (Fsp3) is 0.214. The van der Waals surface area contributed by atoms with Gasteiger partial charge < -0.3 is 19.2 Å². The van der Waals surface area contributed by atoms with Gasteiger partial charge >= 0.3 is 6.61 Å². The SMILES string of the molecule is COc1cc(CNC(=O)c2ccco2)ccc1OC(F)F. The molecule has 0 saturated carbocycles. The van der Waals surface area contributed by atoms with E-state index in [1.165, 1.54) is 31.6 Å². The number of ether oxygens (including phenoxy) is 2. The molecular weight excluding hydrogens is 284 g/mol. The van der Waals surface area contributed by atoms with E-state index in [9.17, 15) is 13.6 Å². The molecule has 1 aromatic heterocycles. The molecule has 1 N–H and O–H groups in total. The van der Waals surface area contributed by atoms with Crippen molar-refractivity contribution in [2.45, 2.75) is 13.2 Å². The number of carbonyl (C=O) groups is 1. The van der Waals surface area contributed by atoms with Crippen molar-refractivity contribution >= 4 is 5.91 Å². The molecule has 5 nitrogen and oxygen atoms in total. The Morgan fingerprint density at radius 1 is 1.33 bits per heavy atom. The van der Waals surface area contributed by atoms with Gasteiger partial charge in [-0.1, -0.05) is 6.07 Å². The molecule has 1 amide bonds. The van der Waals surface area contributed by atoms with Crippen LogP contribution in [0.5, 0.6) is 11.5 Å². The van der Waals surface area contributed by atoms with Crippen LogP contribution in [0.3, 0.4) is 0 Å². The largest absolute Gasteiger partial charge is 0.493 e.